The minimum atomic E-state index is -0.274. The lowest BCUT2D eigenvalue weighted by Crippen LogP contribution is -2.15. The molecule has 1 aliphatic heterocycles. The maximum absolute atomic E-state index is 14.7. The Balaban J connectivity index is 1.67. The monoisotopic (exact) mass is 393 g/mol. The molecule has 0 aliphatic carbocycles. The number of hydrogen-bond donors (Lipinski definition) is 0. The molecule has 4 nitrogen and oxygen atoms in total. The standard InChI is InChI=1S/C24H28FN3O/c1-16-5-4-6-19(11-16)14-24-26-23(13-18(3)20-9-10-29-15-20)27-28(24)22-8-7-17(2)12-21(22)25/h4-8,11-12,18,20H,9-10,13-15H2,1-3H3. The van der Waals surface area contributed by atoms with Gasteiger partial charge < -0.3 is 4.74 Å². The zero-order valence-corrected chi connectivity index (χ0v) is 17.4. The van der Waals surface area contributed by atoms with E-state index in [9.17, 15) is 4.39 Å². The fraction of sp³-hybridized carbons (Fsp3) is 0.417. The molecule has 1 aromatic heterocycles. The molecule has 2 aromatic carbocycles. The molecule has 2 unspecified atom stereocenters. The summed E-state index contributed by atoms with van der Waals surface area (Å²) in [7, 11) is 0. The number of halogens is 1. The van der Waals surface area contributed by atoms with E-state index in [1.807, 2.05) is 19.1 Å². The number of nitrogens with zero attached hydrogens (tertiary/aromatic N) is 3. The highest BCUT2D eigenvalue weighted by Crippen LogP contribution is 2.25. The molecule has 0 saturated carbocycles. The van der Waals surface area contributed by atoms with Crippen molar-refractivity contribution < 1.29 is 9.13 Å². The normalized spacial score (nSPS) is 17.6. The average Bonchev–Trinajstić information content (AvgIpc) is 3.32. The lowest BCUT2D eigenvalue weighted by atomic mass is 9.90. The first-order chi connectivity index (χ1) is 14.0. The van der Waals surface area contributed by atoms with E-state index < -0.39 is 0 Å². The topological polar surface area (TPSA) is 39.9 Å². The average molecular weight is 394 g/mol. The molecule has 0 amide bonds. The van der Waals surface area contributed by atoms with E-state index in [4.69, 9.17) is 14.8 Å². The molecular weight excluding hydrogens is 365 g/mol. The van der Waals surface area contributed by atoms with Crippen molar-refractivity contribution in [3.05, 3.63) is 76.6 Å². The van der Waals surface area contributed by atoms with Crippen LogP contribution in [0.15, 0.2) is 42.5 Å². The van der Waals surface area contributed by atoms with Crippen LogP contribution in [0.5, 0.6) is 0 Å². The summed E-state index contributed by atoms with van der Waals surface area (Å²) >= 11 is 0. The van der Waals surface area contributed by atoms with E-state index in [1.165, 1.54) is 5.56 Å². The van der Waals surface area contributed by atoms with Crippen LogP contribution < -0.4 is 0 Å². The van der Waals surface area contributed by atoms with Crippen molar-refractivity contribution in [1.82, 2.24) is 14.8 Å². The number of aryl methyl sites for hydroxylation is 2. The second kappa shape index (κ2) is 8.46. The summed E-state index contributed by atoms with van der Waals surface area (Å²) in [6, 6.07) is 13.6. The summed E-state index contributed by atoms with van der Waals surface area (Å²) < 4.78 is 22.0. The largest absolute Gasteiger partial charge is 0.381 e. The Bertz CT molecular complexity index is 992. The first-order valence-electron chi connectivity index (χ1n) is 10.3. The van der Waals surface area contributed by atoms with Crippen LogP contribution in [-0.2, 0) is 17.6 Å². The van der Waals surface area contributed by atoms with Gasteiger partial charge in [0.15, 0.2) is 5.82 Å². The molecule has 5 heteroatoms. The van der Waals surface area contributed by atoms with E-state index in [0.29, 0.717) is 23.9 Å². The Morgan fingerprint density at radius 2 is 2.00 bits per heavy atom. The molecule has 0 radical (unpaired) electrons. The Hall–Kier alpha value is -2.53. The molecule has 3 aromatic rings. The summed E-state index contributed by atoms with van der Waals surface area (Å²) in [5.74, 6) is 2.24. The van der Waals surface area contributed by atoms with Gasteiger partial charge in [0.2, 0.25) is 0 Å². The van der Waals surface area contributed by atoms with E-state index in [-0.39, 0.29) is 5.82 Å². The van der Waals surface area contributed by atoms with Gasteiger partial charge in [-0.2, -0.15) is 5.10 Å². The highest BCUT2D eigenvalue weighted by molar-refractivity contribution is 5.37. The first kappa shape index (κ1) is 19.8. The predicted octanol–water partition coefficient (Wildman–Crippen LogP) is 4.83. The van der Waals surface area contributed by atoms with Crippen LogP contribution in [-0.4, -0.2) is 28.0 Å². The van der Waals surface area contributed by atoms with Crippen LogP contribution in [0.2, 0.25) is 0 Å². The summed E-state index contributed by atoms with van der Waals surface area (Å²) in [5, 5.41) is 4.73. The van der Waals surface area contributed by atoms with Gasteiger partial charge in [0.25, 0.3) is 0 Å². The molecule has 29 heavy (non-hydrogen) atoms. The number of hydrogen-bond acceptors (Lipinski definition) is 3. The maximum atomic E-state index is 14.7. The second-order valence-corrected chi connectivity index (χ2v) is 8.28. The Labute approximate surface area is 171 Å². The summed E-state index contributed by atoms with van der Waals surface area (Å²) in [6.07, 6.45) is 2.48. The smallest absolute Gasteiger partial charge is 0.151 e. The third-order valence-electron chi connectivity index (χ3n) is 5.77. The fourth-order valence-electron chi connectivity index (χ4n) is 4.03. The molecule has 1 fully saturated rings. The van der Waals surface area contributed by atoms with Gasteiger partial charge in [-0.05, 0) is 55.4 Å². The van der Waals surface area contributed by atoms with Crippen LogP contribution in [0.3, 0.4) is 0 Å². The second-order valence-electron chi connectivity index (χ2n) is 8.28. The van der Waals surface area contributed by atoms with Crippen LogP contribution in [0.25, 0.3) is 5.69 Å². The minimum Gasteiger partial charge on any atom is -0.381 e. The highest BCUT2D eigenvalue weighted by atomic mass is 19.1. The molecule has 0 bridgehead atoms. The lowest BCUT2D eigenvalue weighted by Gasteiger charge is -2.15. The molecule has 0 spiro atoms. The van der Waals surface area contributed by atoms with Crippen LogP contribution in [0.4, 0.5) is 4.39 Å². The van der Waals surface area contributed by atoms with Gasteiger partial charge in [-0.1, -0.05) is 42.8 Å². The molecule has 1 saturated heterocycles. The first-order valence-corrected chi connectivity index (χ1v) is 10.3. The van der Waals surface area contributed by atoms with E-state index in [1.54, 1.807) is 16.8 Å². The van der Waals surface area contributed by atoms with Crippen molar-refractivity contribution in [1.29, 1.82) is 0 Å². The lowest BCUT2D eigenvalue weighted by molar-refractivity contribution is 0.174. The van der Waals surface area contributed by atoms with Crippen LogP contribution in [0, 0.1) is 31.5 Å². The van der Waals surface area contributed by atoms with Crippen molar-refractivity contribution in [2.45, 2.75) is 40.0 Å². The van der Waals surface area contributed by atoms with Gasteiger partial charge in [-0.25, -0.2) is 14.1 Å². The summed E-state index contributed by atoms with van der Waals surface area (Å²) in [4.78, 5) is 4.83. The molecule has 4 rings (SSSR count). The van der Waals surface area contributed by atoms with Gasteiger partial charge in [-0.15, -0.1) is 0 Å². The van der Waals surface area contributed by atoms with Gasteiger partial charge in [0.05, 0.1) is 0 Å². The quantitative estimate of drug-likeness (QED) is 0.602. The van der Waals surface area contributed by atoms with Crippen LogP contribution >= 0.6 is 0 Å². The summed E-state index contributed by atoms with van der Waals surface area (Å²) in [6.45, 7) is 7.84. The van der Waals surface area contributed by atoms with Gasteiger partial charge in [0.1, 0.15) is 17.3 Å². The molecule has 2 atom stereocenters. The molecule has 1 aliphatic rings. The Kier molecular flexibility index (Phi) is 5.76. The zero-order valence-electron chi connectivity index (χ0n) is 17.4. The zero-order chi connectivity index (χ0) is 20.4. The Morgan fingerprint density at radius 3 is 2.72 bits per heavy atom. The van der Waals surface area contributed by atoms with Crippen LogP contribution in [0.1, 0.15) is 41.7 Å². The van der Waals surface area contributed by atoms with E-state index in [2.05, 4.69) is 32.0 Å². The molecule has 0 N–H and O–H groups in total. The number of benzene rings is 2. The highest BCUT2D eigenvalue weighted by Gasteiger charge is 2.24. The minimum absolute atomic E-state index is 0.274. The number of ether oxygens (including phenoxy) is 1. The third-order valence-corrected chi connectivity index (χ3v) is 5.77. The number of aromatic nitrogens is 3. The SMILES string of the molecule is Cc1cccc(Cc2nc(CC(C)C3CCOC3)nn2-c2ccc(C)cc2F)c1. The number of rotatable bonds is 6. The van der Waals surface area contributed by atoms with Crippen molar-refractivity contribution >= 4 is 0 Å². The molecular formula is C24H28FN3O. The van der Waals surface area contributed by atoms with Gasteiger partial charge in [-0.3, -0.25) is 0 Å². The van der Waals surface area contributed by atoms with Crippen molar-refractivity contribution in [3.8, 4) is 5.69 Å². The van der Waals surface area contributed by atoms with Crippen molar-refractivity contribution in [2.75, 3.05) is 13.2 Å². The Morgan fingerprint density at radius 1 is 1.17 bits per heavy atom. The maximum Gasteiger partial charge on any atom is 0.151 e. The predicted molar refractivity (Wildman–Crippen MR) is 112 cm³/mol. The van der Waals surface area contributed by atoms with Gasteiger partial charge >= 0.3 is 0 Å². The molecule has 2 heterocycles. The third kappa shape index (κ3) is 4.56. The van der Waals surface area contributed by atoms with Crippen molar-refractivity contribution in [2.24, 2.45) is 11.8 Å². The van der Waals surface area contributed by atoms with E-state index >= 15 is 0 Å². The van der Waals surface area contributed by atoms with E-state index in [0.717, 1.165) is 48.8 Å². The molecule has 152 valence electrons. The van der Waals surface area contributed by atoms with Crippen molar-refractivity contribution in [3.63, 3.8) is 0 Å². The van der Waals surface area contributed by atoms with Gasteiger partial charge in [0, 0.05) is 26.1 Å². The summed E-state index contributed by atoms with van der Waals surface area (Å²) in [5.41, 5.74) is 3.69. The fourth-order valence-corrected chi connectivity index (χ4v) is 4.03.